The number of rotatable bonds is 6. The molecule has 3 aromatic carbocycles. The van der Waals surface area contributed by atoms with Crippen LogP contribution in [0.1, 0.15) is 10.4 Å². The minimum Gasteiger partial charge on any atom is -0.483 e. The summed E-state index contributed by atoms with van der Waals surface area (Å²) in [6.45, 7) is -0.295. The number of hydrogen-bond acceptors (Lipinski definition) is 5. The molecule has 1 N–H and O–H groups in total. The van der Waals surface area contributed by atoms with Crippen molar-refractivity contribution in [1.29, 1.82) is 0 Å². The Bertz CT molecular complexity index is 983. The van der Waals surface area contributed by atoms with Gasteiger partial charge in [-0.15, -0.1) is 0 Å². The largest absolute Gasteiger partial charge is 0.483 e. The van der Waals surface area contributed by atoms with E-state index in [-0.39, 0.29) is 12.3 Å². The first-order chi connectivity index (χ1) is 12.6. The maximum atomic E-state index is 12.0. The van der Waals surface area contributed by atoms with Crippen molar-refractivity contribution in [3.8, 4) is 5.75 Å². The number of non-ortho nitro benzene ring substituents is 1. The van der Waals surface area contributed by atoms with E-state index in [1.165, 1.54) is 24.3 Å². The van der Waals surface area contributed by atoms with Gasteiger partial charge in [0.05, 0.1) is 10.5 Å². The molecule has 0 radical (unpaired) electrons. The third-order valence-corrected chi connectivity index (χ3v) is 3.77. The van der Waals surface area contributed by atoms with Crippen LogP contribution in [0.15, 0.2) is 60.7 Å². The standard InChI is InChI=1S/C19H14N2O5/c22-11-17-16-4-2-1-3-13(16)5-10-18(17)26-12-19(23)20-14-6-8-15(9-7-14)21(24)25/h1-11H,12H2,(H,20,23). The van der Waals surface area contributed by atoms with Crippen LogP contribution >= 0.6 is 0 Å². The van der Waals surface area contributed by atoms with Gasteiger partial charge in [0.2, 0.25) is 0 Å². The van der Waals surface area contributed by atoms with Crippen molar-refractivity contribution in [2.24, 2.45) is 0 Å². The number of carbonyl (C=O) groups is 2. The molecule has 3 aromatic rings. The summed E-state index contributed by atoms with van der Waals surface area (Å²) in [5.41, 5.74) is 0.732. The Kier molecular flexibility index (Phi) is 4.89. The quantitative estimate of drug-likeness (QED) is 0.416. The van der Waals surface area contributed by atoms with Crippen molar-refractivity contribution >= 4 is 34.3 Å². The third-order valence-electron chi connectivity index (χ3n) is 3.77. The molecule has 0 bridgehead atoms. The lowest BCUT2D eigenvalue weighted by Gasteiger charge is -2.11. The molecule has 0 unspecified atom stereocenters. The van der Waals surface area contributed by atoms with Crippen molar-refractivity contribution in [1.82, 2.24) is 0 Å². The average molecular weight is 350 g/mol. The lowest BCUT2D eigenvalue weighted by molar-refractivity contribution is -0.384. The van der Waals surface area contributed by atoms with Crippen LogP contribution in [0.4, 0.5) is 11.4 Å². The highest BCUT2D eigenvalue weighted by Gasteiger charge is 2.11. The zero-order valence-corrected chi connectivity index (χ0v) is 13.5. The van der Waals surface area contributed by atoms with Crippen molar-refractivity contribution in [2.45, 2.75) is 0 Å². The SMILES string of the molecule is O=Cc1c(OCC(=O)Nc2ccc([N+](=O)[O-])cc2)ccc2ccccc12. The molecule has 0 aliphatic heterocycles. The zero-order chi connectivity index (χ0) is 18.5. The molecule has 1 amide bonds. The lowest BCUT2D eigenvalue weighted by atomic mass is 10.0. The number of nitro groups is 1. The van der Waals surface area contributed by atoms with E-state index in [0.29, 0.717) is 23.3 Å². The summed E-state index contributed by atoms with van der Waals surface area (Å²) in [4.78, 5) is 33.5. The number of nitrogens with one attached hydrogen (secondary N) is 1. The van der Waals surface area contributed by atoms with E-state index in [2.05, 4.69) is 5.32 Å². The van der Waals surface area contributed by atoms with Crippen LogP contribution in [0.25, 0.3) is 10.8 Å². The first-order valence-corrected chi connectivity index (χ1v) is 7.72. The Morgan fingerprint density at radius 3 is 2.50 bits per heavy atom. The van der Waals surface area contributed by atoms with Gasteiger partial charge in [-0.25, -0.2) is 0 Å². The van der Waals surface area contributed by atoms with Gasteiger partial charge >= 0.3 is 0 Å². The van der Waals surface area contributed by atoms with E-state index < -0.39 is 10.8 Å². The minimum absolute atomic E-state index is 0.0639. The van der Waals surface area contributed by atoms with Crippen LogP contribution in [0.3, 0.4) is 0 Å². The zero-order valence-electron chi connectivity index (χ0n) is 13.5. The van der Waals surface area contributed by atoms with E-state index in [9.17, 15) is 19.7 Å². The van der Waals surface area contributed by atoms with E-state index in [1.54, 1.807) is 6.07 Å². The van der Waals surface area contributed by atoms with Crippen LogP contribution in [-0.2, 0) is 4.79 Å². The average Bonchev–Trinajstić information content (AvgIpc) is 2.66. The number of ether oxygens (including phenoxy) is 1. The summed E-state index contributed by atoms with van der Waals surface area (Å²) >= 11 is 0. The number of carbonyl (C=O) groups excluding carboxylic acids is 2. The summed E-state index contributed by atoms with van der Waals surface area (Å²) in [6.07, 6.45) is 0.700. The van der Waals surface area contributed by atoms with Gasteiger partial charge < -0.3 is 10.1 Å². The molecule has 0 heterocycles. The van der Waals surface area contributed by atoms with Crippen LogP contribution in [-0.4, -0.2) is 23.7 Å². The molecule has 7 heteroatoms. The Hall–Kier alpha value is -3.74. The molecule has 3 rings (SSSR count). The fourth-order valence-corrected chi connectivity index (χ4v) is 2.53. The molecule has 7 nitrogen and oxygen atoms in total. The van der Waals surface area contributed by atoms with Gasteiger partial charge in [-0.05, 0) is 29.0 Å². The summed E-state index contributed by atoms with van der Waals surface area (Å²) < 4.78 is 5.48. The molecule has 0 saturated heterocycles. The van der Waals surface area contributed by atoms with E-state index >= 15 is 0 Å². The Morgan fingerprint density at radius 1 is 1.08 bits per heavy atom. The molecule has 130 valence electrons. The molecular formula is C19H14N2O5. The van der Waals surface area contributed by atoms with Crippen LogP contribution in [0.2, 0.25) is 0 Å². The van der Waals surface area contributed by atoms with Crippen molar-refractivity contribution in [3.05, 3.63) is 76.3 Å². The summed E-state index contributed by atoms with van der Waals surface area (Å²) in [6, 6.07) is 16.3. The molecule has 0 aromatic heterocycles. The van der Waals surface area contributed by atoms with Crippen LogP contribution in [0.5, 0.6) is 5.75 Å². The van der Waals surface area contributed by atoms with Gasteiger partial charge in [0.15, 0.2) is 12.9 Å². The highest BCUT2D eigenvalue weighted by atomic mass is 16.6. The monoisotopic (exact) mass is 350 g/mol. The molecule has 0 atom stereocenters. The van der Waals surface area contributed by atoms with Gasteiger partial charge in [-0.1, -0.05) is 30.3 Å². The van der Waals surface area contributed by atoms with E-state index in [4.69, 9.17) is 4.74 Å². The summed E-state index contributed by atoms with van der Waals surface area (Å²) in [5, 5.41) is 14.8. The number of aldehydes is 1. The van der Waals surface area contributed by atoms with Gasteiger partial charge in [0.1, 0.15) is 5.75 Å². The number of fused-ring (bicyclic) bond motifs is 1. The van der Waals surface area contributed by atoms with Gasteiger partial charge in [-0.2, -0.15) is 0 Å². The van der Waals surface area contributed by atoms with Gasteiger partial charge in [0.25, 0.3) is 11.6 Å². The highest BCUT2D eigenvalue weighted by Crippen LogP contribution is 2.26. The lowest BCUT2D eigenvalue weighted by Crippen LogP contribution is -2.20. The minimum atomic E-state index is -0.518. The number of benzene rings is 3. The number of amides is 1. The first kappa shape index (κ1) is 17.1. The maximum absolute atomic E-state index is 12.0. The van der Waals surface area contributed by atoms with E-state index in [0.717, 1.165) is 10.8 Å². The first-order valence-electron chi connectivity index (χ1n) is 7.72. The topological polar surface area (TPSA) is 98.5 Å². The number of anilines is 1. The maximum Gasteiger partial charge on any atom is 0.269 e. The van der Waals surface area contributed by atoms with Crippen molar-refractivity contribution in [3.63, 3.8) is 0 Å². The summed E-state index contributed by atoms with van der Waals surface area (Å²) in [5.74, 6) is -0.124. The second kappa shape index (κ2) is 7.43. The normalized spacial score (nSPS) is 10.3. The van der Waals surface area contributed by atoms with Crippen molar-refractivity contribution < 1.29 is 19.2 Å². The molecule has 0 saturated carbocycles. The molecular weight excluding hydrogens is 336 g/mol. The smallest absolute Gasteiger partial charge is 0.269 e. The van der Waals surface area contributed by atoms with Crippen LogP contribution < -0.4 is 10.1 Å². The fourth-order valence-electron chi connectivity index (χ4n) is 2.53. The molecule has 26 heavy (non-hydrogen) atoms. The fraction of sp³-hybridized carbons (Fsp3) is 0.0526. The molecule has 0 aliphatic carbocycles. The predicted octanol–water partition coefficient (Wildman–Crippen LogP) is 3.58. The van der Waals surface area contributed by atoms with E-state index in [1.807, 2.05) is 30.3 Å². The second-order valence-corrected chi connectivity index (χ2v) is 5.46. The van der Waals surface area contributed by atoms with Gasteiger partial charge in [0, 0.05) is 17.8 Å². The third kappa shape index (κ3) is 3.67. The predicted molar refractivity (Wildman–Crippen MR) is 96.6 cm³/mol. The number of nitro benzene ring substituents is 1. The second-order valence-electron chi connectivity index (χ2n) is 5.46. The molecule has 0 fully saturated rings. The highest BCUT2D eigenvalue weighted by molar-refractivity contribution is 6.01. The number of nitrogens with zero attached hydrogens (tertiary/aromatic N) is 1. The number of hydrogen-bond donors (Lipinski definition) is 1. The molecule has 0 aliphatic rings. The Labute approximate surface area is 148 Å². The molecule has 0 spiro atoms. The van der Waals surface area contributed by atoms with Gasteiger partial charge in [-0.3, -0.25) is 19.7 Å². The summed E-state index contributed by atoms with van der Waals surface area (Å²) in [7, 11) is 0. The Morgan fingerprint density at radius 2 is 1.81 bits per heavy atom. The van der Waals surface area contributed by atoms with Crippen molar-refractivity contribution in [2.75, 3.05) is 11.9 Å². The Balaban J connectivity index is 1.68. The van der Waals surface area contributed by atoms with Crippen LogP contribution in [0, 0.1) is 10.1 Å².